The highest BCUT2D eigenvalue weighted by Crippen LogP contribution is 2.23. The second kappa shape index (κ2) is 7.00. The molecule has 3 heterocycles. The Morgan fingerprint density at radius 1 is 0.931 bits per heavy atom. The normalized spacial score (nSPS) is 15.4. The minimum Gasteiger partial charge on any atom is -0.338 e. The minimum absolute atomic E-state index is 0.0744. The molecular formula is C22H24N6O. The molecule has 29 heavy (non-hydrogen) atoms. The summed E-state index contributed by atoms with van der Waals surface area (Å²) in [5, 5.41) is 9.64. The van der Waals surface area contributed by atoms with E-state index in [2.05, 4.69) is 46.1 Å². The third kappa shape index (κ3) is 2.89. The fraction of sp³-hybridized carbons (Fsp3) is 0.318. The Bertz CT molecular complexity index is 1230. The molecule has 0 radical (unpaired) electrons. The summed E-state index contributed by atoms with van der Waals surface area (Å²) in [5.74, 6) is 1.34. The third-order valence-electron chi connectivity index (χ3n) is 5.80. The SMILES string of the molecule is CCc1ccc(-n2c(=O)c3ccccc3n3c(N4CCN(C)CC4)nnc23)cc1. The second-order valence-electron chi connectivity index (χ2n) is 7.60. The molecule has 148 valence electrons. The maximum Gasteiger partial charge on any atom is 0.267 e. The molecular weight excluding hydrogens is 364 g/mol. The van der Waals surface area contributed by atoms with Crippen molar-refractivity contribution in [1.82, 2.24) is 24.1 Å². The van der Waals surface area contributed by atoms with Gasteiger partial charge in [0, 0.05) is 26.2 Å². The van der Waals surface area contributed by atoms with Crippen molar-refractivity contribution in [2.75, 3.05) is 38.1 Å². The number of para-hydroxylation sites is 1. The van der Waals surface area contributed by atoms with Gasteiger partial charge in [0.1, 0.15) is 0 Å². The lowest BCUT2D eigenvalue weighted by molar-refractivity contribution is 0.311. The molecule has 1 fully saturated rings. The molecule has 0 N–H and O–H groups in total. The highest BCUT2D eigenvalue weighted by atomic mass is 16.1. The lowest BCUT2D eigenvalue weighted by Gasteiger charge is -2.32. The van der Waals surface area contributed by atoms with Crippen LogP contribution in [0.15, 0.2) is 53.3 Å². The first kappa shape index (κ1) is 17.9. The molecule has 7 heteroatoms. The fourth-order valence-electron chi connectivity index (χ4n) is 4.01. The Labute approximate surface area is 168 Å². The number of hydrogen-bond donors (Lipinski definition) is 0. The van der Waals surface area contributed by atoms with E-state index >= 15 is 0 Å². The van der Waals surface area contributed by atoms with Crippen LogP contribution in [-0.4, -0.2) is 57.3 Å². The second-order valence-corrected chi connectivity index (χ2v) is 7.60. The van der Waals surface area contributed by atoms with Crippen molar-refractivity contribution in [2.45, 2.75) is 13.3 Å². The molecule has 0 spiro atoms. The summed E-state index contributed by atoms with van der Waals surface area (Å²) < 4.78 is 3.70. The largest absolute Gasteiger partial charge is 0.338 e. The van der Waals surface area contributed by atoms with Crippen molar-refractivity contribution >= 4 is 22.6 Å². The number of rotatable bonds is 3. The van der Waals surface area contributed by atoms with Gasteiger partial charge in [0.05, 0.1) is 16.6 Å². The average molecular weight is 388 g/mol. The van der Waals surface area contributed by atoms with Crippen LogP contribution in [0.25, 0.3) is 22.4 Å². The van der Waals surface area contributed by atoms with Crippen LogP contribution in [0.4, 0.5) is 5.95 Å². The molecule has 1 saturated heterocycles. The number of benzene rings is 2. The maximum absolute atomic E-state index is 13.4. The number of anilines is 1. The van der Waals surface area contributed by atoms with Crippen LogP contribution >= 0.6 is 0 Å². The van der Waals surface area contributed by atoms with Crippen LogP contribution in [0.5, 0.6) is 0 Å². The van der Waals surface area contributed by atoms with Gasteiger partial charge in [-0.2, -0.15) is 0 Å². The Morgan fingerprint density at radius 2 is 1.66 bits per heavy atom. The van der Waals surface area contributed by atoms with Crippen molar-refractivity contribution in [1.29, 1.82) is 0 Å². The summed E-state index contributed by atoms with van der Waals surface area (Å²) in [4.78, 5) is 17.9. The molecule has 0 aliphatic carbocycles. The first-order chi connectivity index (χ1) is 14.2. The molecule has 2 aromatic carbocycles. The summed E-state index contributed by atoms with van der Waals surface area (Å²) >= 11 is 0. The quantitative estimate of drug-likeness (QED) is 0.539. The Kier molecular flexibility index (Phi) is 4.32. The molecule has 1 aliphatic heterocycles. The number of likely N-dealkylation sites (N-methyl/N-ethyl adjacent to an activating group) is 1. The van der Waals surface area contributed by atoms with Crippen molar-refractivity contribution < 1.29 is 0 Å². The van der Waals surface area contributed by atoms with E-state index in [1.807, 2.05) is 40.8 Å². The number of hydrogen-bond acceptors (Lipinski definition) is 5. The molecule has 0 bridgehead atoms. The van der Waals surface area contributed by atoms with Gasteiger partial charge in [-0.25, -0.2) is 8.97 Å². The Balaban J connectivity index is 1.79. The van der Waals surface area contributed by atoms with Crippen LogP contribution in [0.2, 0.25) is 0 Å². The van der Waals surface area contributed by atoms with E-state index in [9.17, 15) is 4.79 Å². The predicted octanol–water partition coefficient (Wildman–Crippen LogP) is 2.35. The van der Waals surface area contributed by atoms with Crippen molar-refractivity contribution in [2.24, 2.45) is 0 Å². The van der Waals surface area contributed by atoms with E-state index in [0.717, 1.165) is 49.8 Å². The van der Waals surface area contributed by atoms with Gasteiger partial charge in [0.15, 0.2) is 0 Å². The molecule has 5 rings (SSSR count). The zero-order chi connectivity index (χ0) is 20.0. The van der Waals surface area contributed by atoms with E-state index in [1.165, 1.54) is 5.56 Å². The van der Waals surface area contributed by atoms with Gasteiger partial charge >= 0.3 is 0 Å². The van der Waals surface area contributed by atoms with Gasteiger partial charge < -0.3 is 9.80 Å². The fourth-order valence-corrected chi connectivity index (χ4v) is 4.01. The van der Waals surface area contributed by atoms with Gasteiger partial charge in [-0.15, -0.1) is 10.2 Å². The molecule has 7 nitrogen and oxygen atoms in total. The smallest absolute Gasteiger partial charge is 0.267 e. The molecule has 2 aromatic heterocycles. The van der Waals surface area contributed by atoms with Crippen LogP contribution in [0.3, 0.4) is 0 Å². The lowest BCUT2D eigenvalue weighted by Crippen LogP contribution is -2.45. The Morgan fingerprint density at radius 3 is 2.38 bits per heavy atom. The molecule has 0 atom stereocenters. The van der Waals surface area contributed by atoms with Crippen LogP contribution in [0, 0.1) is 0 Å². The summed E-state index contributed by atoms with van der Waals surface area (Å²) in [6.45, 7) is 5.85. The van der Waals surface area contributed by atoms with Crippen LogP contribution < -0.4 is 10.5 Å². The van der Waals surface area contributed by atoms with Gasteiger partial charge in [-0.1, -0.05) is 31.2 Å². The summed E-state index contributed by atoms with van der Waals surface area (Å²) in [6.07, 6.45) is 0.959. The topological polar surface area (TPSA) is 58.7 Å². The predicted molar refractivity (Wildman–Crippen MR) is 115 cm³/mol. The first-order valence-corrected chi connectivity index (χ1v) is 10.1. The van der Waals surface area contributed by atoms with Gasteiger partial charge in [-0.3, -0.25) is 4.79 Å². The molecule has 0 unspecified atom stereocenters. The van der Waals surface area contributed by atoms with Crippen LogP contribution in [-0.2, 0) is 6.42 Å². The van der Waals surface area contributed by atoms with E-state index < -0.39 is 0 Å². The van der Waals surface area contributed by atoms with Gasteiger partial charge in [0.2, 0.25) is 11.7 Å². The summed E-state index contributed by atoms with van der Waals surface area (Å²) in [7, 11) is 2.13. The Hall–Kier alpha value is -3.19. The van der Waals surface area contributed by atoms with Gasteiger partial charge in [0.25, 0.3) is 5.56 Å². The first-order valence-electron chi connectivity index (χ1n) is 10.1. The number of nitrogens with zero attached hydrogens (tertiary/aromatic N) is 6. The van der Waals surface area contributed by atoms with Crippen molar-refractivity contribution in [3.63, 3.8) is 0 Å². The highest BCUT2D eigenvalue weighted by Gasteiger charge is 2.23. The summed E-state index contributed by atoms with van der Waals surface area (Å²) in [5.41, 5.74) is 2.81. The molecule has 0 saturated carbocycles. The van der Waals surface area contributed by atoms with Gasteiger partial charge in [-0.05, 0) is 43.3 Å². The highest BCUT2D eigenvalue weighted by molar-refractivity contribution is 5.82. The third-order valence-corrected chi connectivity index (χ3v) is 5.80. The number of aryl methyl sites for hydroxylation is 1. The summed E-state index contributed by atoms with van der Waals surface area (Å²) in [6, 6.07) is 15.8. The zero-order valence-corrected chi connectivity index (χ0v) is 16.7. The van der Waals surface area contributed by atoms with E-state index in [4.69, 9.17) is 0 Å². The van der Waals surface area contributed by atoms with Crippen molar-refractivity contribution in [3.8, 4) is 5.69 Å². The maximum atomic E-state index is 13.4. The average Bonchev–Trinajstić information content (AvgIpc) is 3.20. The van der Waals surface area contributed by atoms with E-state index in [1.54, 1.807) is 4.57 Å². The van der Waals surface area contributed by atoms with Crippen LogP contribution in [0.1, 0.15) is 12.5 Å². The standard InChI is InChI=1S/C22H24N6O/c1-3-16-8-10-17(11-9-16)27-20(29)18-6-4-5-7-19(18)28-21(23-24-22(27)28)26-14-12-25(2)13-15-26/h4-11H,3,12-15H2,1-2H3. The minimum atomic E-state index is -0.0744. The van der Waals surface area contributed by atoms with E-state index in [-0.39, 0.29) is 5.56 Å². The number of fused-ring (bicyclic) bond motifs is 3. The lowest BCUT2D eigenvalue weighted by atomic mass is 10.1. The van der Waals surface area contributed by atoms with Crippen molar-refractivity contribution in [3.05, 3.63) is 64.4 Å². The molecule has 0 amide bonds. The van der Waals surface area contributed by atoms with E-state index in [0.29, 0.717) is 11.2 Å². The number of piperazine rings is 1. The molecule has 1 aliphatic rings. The molecule has 4 aromatic rings. The number of aromatic nitrogens is 4. The zero-order valence-electron chi connectivity index (χ0n) is 16.7. The monoisotopic (exact) mass is 388 g/mol.